The first-order valence-electron chi connectivity index (χ1n) is 9.24. The molecule has 134 valence electrons. The molecule has 2 heterocycles. The van der Waals surface area contributed by atoms with Gasteiger partial charge in [0, 0.05) is 37.9 Å². The number of phenols is 1. The molecule has 2 aromatic rings. The number of nitrogens with zero attached hydrogens (tertiary/aromatic N) is 3. The minimum Gasteiger partial charge on any atom is -0.508 e. The minimum atomic E-state index is 0.127. The van der Waals surface area contributed by atoms with Gasteiger partial charge in [0.2, 0.25) is 5.91 Å². The molecule has 0 radical (unpaired) electrons. The fraction of sp³-hybridized carbons (Fsp3) is 0.500. The molecule has 5 nitrogen and oxygen atoms in total. The number of phenolic OH excluding ortho intramolecular Hbond substituents is 1. The maximum absolute atomic E-state index is 12.7. The molecule has 1 aromatic heterocycles. The van der Waals surface area contributed by atoms with Crippen molar-refractivity contribution in [3.63, 3.8) is 0 Å². The van der Waals surface area contributed by atoms with Gasteiger partial charge in [0.25, 0.3) is 0 Å². The van der Waals surface area contributed by atoms with E-state index in [9.17, 15) is 9.90 Å². The SMILES string of the molecule is CCCCn1ccnc1[C@@H]1CCCN(C(=O)Cc2cccc(O)c2)C1. The maximum Gasteiger partial charge on any atom is 0.227 e. The molecule has 0 spiro atoms. The van der Waals surface area contributed by atoms with Crippen LogP contribution in [-0.4, -0.2) is 38.6 Å². The Bertz CT molecular complexity index is 710. The maximum atomic E-state index is 12.7. The Hall–Kier alpha value is -2.30. The monoisotopic (exact) mass is 341 g/mol. The second-order valence-corrected chi connectivity index (χ2v) is 6.86. The van der Waals surface area contributed by atoms with E-state index in [0.29, 0.717) is 12.3 Å². The Kier molecular flexibility index (Phi) is 5.74. The van der Waals surface area contributed by atoms with E-state index in [1.165, 1.54) is 0 Å². The second-order valence-electron chi connectivity index (χ2n) is 6.86. The van der Waals surface area contributed by atoms with Crippen LogP contribution < -0.4 is 0 Å². The van der Waals surface area contributed by atoms with Crippen LogP contribution in [0.15, 0.2) is 36.7 Å². The molecule has 25 heavy (non-hydrogen) atoms. The summed E-state index contributed by atoms with van der Waals surface area (Å²) >= 11 is 0. The number of carbonyl (C=O) groups excluding carboxylic acids is 1. The lowest BCUT2D eigenvalue weighted by molar-refractivity contribution is -0.131. The third kappa shape index (κ3) is 4.41. The van der Waals surface area contributed by atoms with Gasteiger partial charge in [0.1, 0.15) is 11.6 Å². The Morgan fingerprint density at radius 2 is 2.28 bits per heavy atom. The van der Waals surface area contributed by atoms with Crippen LogP contribution in [0.1, 0.15) is 49.9 Å². The van der Waals surface area contributed by atoms with Crippen molar-refractivity contribution in [1.29, 1.82) is 0 Å². The molecule has 1 saturated heterocycles. The van der Waals surface area contributed by atoms with Crippen molar-refractivity contribution in [2.75, 3.05) is 13.1 Å². The molecule has 1 N–H and O–H groups in total. The van der Waals surface area contributed by atoms with Crippen LogP contribution >= 0.6 is 0 Å². The summed E-state index contributed by atoms with van der Waals surface area (Å²) in [6.45, 7) is 4.74. The van der Waals surface area contributed by atoms with E-state index >= 15 is 0 Å². The van der Waals surface area contributed by atoms with Crippen molar-refractivity contribution in [3.8, 4) is 5.75 Å². The highest BCUT2D eigenvalue weighted by atomic mass is 16.3. The molecule has 0 bridgehead atoms. The van der Waals surface area contributed by atoms with Crippen molar-refractivity contribution >= 4 is 5.91 Å². The lowest BCUT2D eigenvalue weighted by Crippen LogP contribution is -2.40. The summed E-state index contributed by atoms with van der Waals surface area (Å²) in [5.74, 6) is 1.76. The van der Waals surface area contributed by atoms with E-state index in [2.05, 4.69) is 22.7 Å². The number of hydrogen-bond donors (Lipinski definition) is 1. The number of imidazole rings is 1. The van der Waals surface area contributed by atoms with Crippen LogP contribution in [0.2, 0.25) is 0 Å². The summed E-state index contributed by atoms with van der Waals surface area (Å²) in [6, 6.07) is 6.95. The van der Waals surface area contributed by atoms with E-state index in [1.54, 1.807) is 18.2 Å². The molecule has 1 fully saturated rings. The molecule has 1 aliphatic rings. The van der Waals surface area contributed by atoms with Gasteiger partial charge in [-0.3, -0.25) is 4.79 Å². The Labute approximate surface area is 149 Å². The van der Waals surface area contributed by atoms with Crippen molar-refractivity contribution in [3.05, 3.63) is 48.0 Å². The highest BCUT2D eigenvalue weighted by Crippen LogP contribution is 2.26. The van der Waals surface area contributed by atoms with Crippen LogP contribution in [0.25, 0.3) is 0 Å². The van der Waals surface area contributed by atoms with Crippen molar-refractivity contribution in [2.45, 2.75) is 51.5 Å². The number of piperidine rings is 1. The van der Waals surface area contributed by atoms with E-state index in [-0.39, 0.29) is 11.7 Å². The Balaban J connectivity index is 1.64. The van der Waals surface area contributed by atoms with Crippen LogP contribution in [0.4, 0.5) is 0 Å². The zero-order valence-electron chi connectivity index (χ0n) is 14.9. The Morgan fingerprint density at radius 1 is 1.40 bits per heavy atom. The molecular formula is C20H27N3O2. The molecule has 1 amide bonds. The molecule has 1 aliphatic heterocycles. The summed E-state index contributed by atoms with van der Waals surface area (Å²) in [4.78, 5) is 19.2. The number of aryl methyl sites for hydroxylation is 1. The molecule has 1 atom stereocenters. The lowest BCUT2D eigenvalue weighted by Gasteiger charge is -2.33. The first-order chi connectivity index (χ1) is 12.2. The van der Waals surface area contributed by atoms with E-state index < -0.39 is 0 Å². The number of aromatic hydroxyl groups is 1. The van der Waals surface area contributed by atoms with Gasteiger partial charge >= 0.3 is 0 Å². The summed E-state index contributed by atoms with van der Waals surface area (Å²) < 4.78 is 2.25. The zero-order chi connectivity index (χ0) is 17.6. The highest BCUT2D eigenvalue weighted by molar-refractivity contribution is 5.79. The summed E-state index contributed by atoms with van der Waals surface area (Å²) in [6.07, 6.45) is 8.67. The van der Waals surface area contributed by atoms with Gasteiger partial charge in [-0.05, 0) is 37.0 Å². The number of aromatic nitrogens is 2. The predicted octanol–water partition coefficient (Wildman–Crippen LogP) is 3.34. The average Bonchev–Trinajstić information content (AvgIpc) is 3.08. The van der Waals surface area contributed by atoms with E-state index in [4.69, 9.17) is 0 Å². The van der Waals surface area contributed by atoms with Crippen LogP contribution in [0, 0.1) is 0 Å². The molecule has 3 rings (SSSR count). The Morgan fingerprint density at radius 3 is 3.08 bits per heavy atom. The average molecular weight is 341 g/mol. The molecular weight excluding hydrogens is 314 g/mol. The number of hydrogen-bond acceptors (Lipinski definition) is 3. The van der Waals surface area contributed by atoms with Crippen LogP contribution in [0.5, 0.6) is 5.75 Å². The number of benzene rings is 1. The molecule has 0 aliphatic carbocycles. The van der Waals surface area contributed by atoms with Crippen molar-refractivity contribution in [1.82, 2.24) is 14.5 Å². The zero-order valence-corrected chi connectivity index (χ0v) is 14.9. The van der Waals surface area contributed by atoms with Gasteiger partial charge in [-0.2, -0.15) is 0 Å². The number of rotatable bonds is 6. The standard InChI is InChI=1S/C20H27N3O2/c1-2-3-10-22-12-9-21-20(22)17-7-5-11-23(15-17)19(25)14-16-6-4-8-18(24)13-16/h4,6,8-9,12-13,17,24H,2-3,5,7,10-11,14-15H2,1H3/t17-/m1/s1. The molecule has 5 heteroatoms. The van der Waals surface area contributed by atoms with Gasteiger partial charge in [-0.15, -0.1) is 0 Å². The van der Waals surface area contributed by atoms with Crippen LogP contribution in [0.3, 0.4) is 0 Å². The summed E-state index contributed by atoms with van der Waals surface area (Å²) in [5, 5.41) is 9.57. The summed E-state index contributed by atoms with van der Waals surface area (Å²) in [5.41, 5.74) is 0.858. The second kappa shape index (κ2) is 8.19. The first-order valence-corrected chi connectivity index (χ1v) is 9.24. The lowest BCUT2D eigenvalue weighted by atomic mass is 9.96. The fourth-order valence-corrected chi connectivity index (χ4v) is 3.57. The van der Waals surface area contributed by atoms with Gasteiger partial charge < -0.3 is 14.6 Å². The first kappa shape index (κ1) is 17.5. The van der Waals surface area contributed by atoms with E-state index in [0.717, 1.165) is 56.7 Å². The predicted molar refractivity (Wildman–Crippen MR) is 97.5 cm³/mol. The van der Waals surface area contributed by atoms with Crippen LogP contribution in [-0.2, 0) is 17.8 Å². The van der Waals surface area contributed by atoms with E-state index in [1.807, 2.05) is 17.2 Å². The summed E-state index contributed by atoms with van der Waals surface area (Å²) in [7, 11) is 0. The number of likely N-dealkylation sites (tertiary alicyclic amines) is 1. The molecule has 1 aromatic carbocycles. The quantitative estimate of drug-likeness (QED) is 0.877. The number of carbonyl (C=O) groups is 1. The molecule has 0 unspecified atom stereocenters. The van der Waals surface area contributed by atoms with Gasteiger partial charge in [-0.25, -0.2) is 4.98 Å². The third-order valence-electron chi connectivity index (χ3n) is 4.91. The third-order valence-corrected chi connectivity index (χ3v) is 4.91. The fourth-order valence-electron chi connectivity index (χ4n) is 3.57. The van der Waals surface area contributed by atoms with Gasteiger partial charge in [0.15, 0.2) is 0 Å². The van der Waals surface area contributed by atoms with Crippen molar-refractivity contribution < 1.29 is 9.90 Å². The normalized spacial score (nSPS) is 17.6. The van der Waals surface area contributed by atoms with Crippen molar-refractivity contribution in [2.24, 2.45) is 0 Å². The molecule has 0 saturated carbocycles. The number of amides is 1. The number of unbranched alkanes of at least 4 members (excludes halogenated alkanes) is 1. The highest BCUT2D eigenvalue weighted by Gasteiger charge is 2.27. The van der Waals surface area contributed by atoms with Gasteiger partial charge in [-0.1, -0.05) is 25.5 Å². The van der Waals surface area contributed by atoms with Gasteiger partial charge in [0.05, 0.1) is 6.42 Å². The minimum absolute atomic E-state index is 0.127. The topological polar surface area (TPSA) is 58.4 Å². The smallest absolute Gasteiger partial charge is 0.227 e. The largest absolute Gasteiger partial charge is 0.508 e.